The van der Waals surface area contributed by atoms with E-state index in [2.05, 4.69) is 16.0 Å². The van der Waals surface area contributed by atoms with E-state index in [-0.39, 0.29) is 4.88 Å². The molecule has 0 aromatic carbocycles. The highest BCUT2D eigenvalue weighted by atomic mass is 32.2. The summed E-state index contributed by atoms with van der Waals surface area (Å²) >= 11 is 2.39. The highest BCUT2D eigenvalue weighted by Crippen LogP contribution is 2.35. The van der Waals surface area contributed by atoms with Gasteiger partial charge in [0.25, 0.3) is 0 Å². The van der Waals surface area contributed by atoms with Gasteiger partial charge in [0.15, 0.2) is 4.34 Å². The summed E-state index contributed by atoms with van der Waals surface area (Å²) in [4.78, 5) is 20.1. The van der Waals surface area contributed by atoms with Crippen LogP contribution in [0.2, 0.25) is 0 Å². The van der Waals surface area contributed by atoms with Crippen molar-refractivity contribution in [2.45, 2.75) is 35.6 Å². The molecule has 0 amide bonds. The van der Waals surface area contributed by atoms with E-state index >= 15 is 0 Å². The van der Waals surface area contributed by atoms with Gasteiger partial charge in [0, 0.05) is 5.69 Å². The number of rotatable bonds is 3. The van der Waals surface area contributed by atoms with Gasteiger partial charge in [-0.05, 0) is 49.6 Å². The monoisotopic (exact) mass is 317 g/mol. The SMILES string of the molecule is Cc1nc(Sc2nc3c(cc2C#N)CCC3)sc1C(=O)O. The van der Waals surface area contributed by atoms with E-state index in [0.29, 0.717) is 20.6 Å². The molecule has 0 saturated carbocycles. The van der Waals surface area contributed by atoms with Crippen LogP contribution in [0.3, 0.4) is 0 Å². The first-order valence-electron chi connectivity index (χ1n) is 6.40. The molecule has 2 aromatic rings. The quantitative estimate of drug-likeness (QED) is 0.936. The van der Waals surface area contributed by atoms with Crippen molar-refractivity contribution in [3.8, 4) is 6.07 Å². The molecule has 0 spiro atoms. The third kappa shape index (κ3) is 2.64. The molecule has 0 radical (unpaired) electrons. The van der Waals surface area contributed by atoms with Crippen molar-refractivity contribution < 1.29 is 9.90 Å². The van der Waals surface area contributed by atoms with Crippen LogP contribution in [0.25, 0.3) is 0 Å². The van der Waals surface area contributed by atoms with E-state index in [4.69, 9.17) is 5.11 Å². The molecule has 5 nitrogen and oxygen atoms in total. The number of aryl methyl sites for hydroxylation is 3. The summed E-state index contributed by atoms with van der Waals surface area (Å²) in [5.41, 5.74) is 3.22. The van der Waals surface area contributed by atoms with Crippen LogP contribution in [-0.2, 0) is 12.8 Å². The topological polar surface area (TPSA) is 86.9 Å². The predicted octanol–water partition coefficient (Wildman–Crippen LogP) is 3.06. The van der Waals surface area contributed by atoms with Gasteiger partial charge in [-0.2, -0.15) is 5.26 Å². The highest BCUT2D eigenvalue weighted by Gasteiger charge is 2.20. The largest absolute Gasteiger partial charge is 0.477 e. The number of nitrogens with zero attached hydrogens (tertiary/aromatic N) is 3. The summed E-state index contributed by atoms with van der Waals surface area (Å²) < 4.78 is 0.604. The minimum absolute atomic E-state index is 0.233. The van der Waals surface area contributed by atoms with E-state index in [1.165, 1.54) is 11.8 Å². The van der Waals surface area contributed by atoms with E-state index in [1.54, 1.807) is 6.92 Å². The van der Waals surface area contributed by atoms with Crippen LogP contribution in [0.15, 0.2) is 15.4 Å². The number of carboxylic acid groups (broad SMARTS) is 1. The molecule has 0 aliphatic heterocycles. The Hall–Kier alpha value is -1.91. The van der Waals surface area contributed by atoms with Crippen LogP contribution < -0.4 is 0 Å². The average molecular weight is 317 g/mol. The molecule has 0 atom stereocenters. The maximum absolute atomic E-state index is 11.1. The summed E-state index contributed by atoms with van der Waals surface area (Å²) in [6.07, 6.45) is 2.98. The second kappa shape index (κ2) is 5.47. The van der Waals surface area contributed by atoms with E-state index in [0.717, 1.165) is 41.9 Å². The molecule has 1 N–H and O–H groups in total. The van der Waals surface area contributed by atoms with E-state index in [1.807, 2.05) is 6.07 Å². The molecule has 2 heterocycles. The van der Waals surface area contributed by atoms with Crippen LogP contribution in [0, 0.1) is 18.3 Å². The number of hydrogen-bond donors (Lipinski definition) is 1. The van der Waals surface area contributed by atoms with Gasteiger partial charge < -0.3 is 5.11 Å². The van der Waals surface area contributed by atoms with E-state index in [9.17, 15) is 10.1 Å². The normalized spacial score (nSPS) is 13.0. The summed E-state index contributed by atoms with van der Waals surface area (Å²) in [6.45, 7) is 1.67. The first kappa shape index (κ1) is 14.0. The van der Waals surface area contributed by atoms with Crippen LogP contribution in [-0.4, -0.2) is 21.0 Å². The molecule has 0 bridgehead atoms. The highest BCUT2D eigenvalue weighted by molar-refractivity contribution is 8.01. The van der Waals surface area contributed by atoms with Crippen LogP contribution in [0.5, 0.6) is 0 Å². The van der Waals surface area contributed by atoms with Crippen molar-refractivity contribution in [1.82, 2.24) is 9.97 Å². The maximum atomic E-state index is 11.1. The molecule has 0 saturated heterocycles. The lowest BCUT2D eigenvalue weighted by Crippen LogP contribution is -1.94. The van der Waals surface area contributed by atoms with Crippen molar-refractivity contribution in [3.05, 3.63) is 33.5 Å². The minimum atomic E-state index is -0.973. The lowest BCUT2D eigenvalue weighted by Gasteiger charge is -2.04. The molecule has 21 heavy (non-hydrogen) atoms. The minimum Gasteiger partial charge on any atom is -0.477 e. The average Bonchev–Trinajstić information content (AvgIpc) is 3.03. The van der Waals surface area contributed by atoms with Crippen LogP contribution in [0.4, 0.5) is 0 Å². The van der Waals surface area contributed by atoms with Crippen LogP contribution >= 0.6 is 23.1 Å². The Morgan fingerprint density at radius 1 is 1.48 bits per heavy atom. The second-order valence-electron chi connectivity index (χ2n) is 4.71. The zero-order valence-corrected chi connectivity index (χ0v) is 12.8. The molecular formula is C14H11N3O2S2. The zero-order valence-electron chi connectivity index (χ0n) is 11.2. The van der Waals surface area contributed by atoms with Crippen molar-refractivity contribution in [1.29, 1.82) is 5.26 Å². The first-order chi connectivity index (χ1) is 10.1. The van der Waals surface area contributed by atoms with Gasteiger partial charge in [0.1, 0.15) is 16.0 Å². The first-order valence-corrected chi connectivity index (χ1v) is 8.03. The summed E-state index contributed by atoms with van der Waals surface area (Å²) in [5, 5.41) is 18.9. The number of carbonyl (C=O) groups is 1. The molecule has 3 rings (SSSR count). The van der Waals surface area contributed by atoms with Crippen molar-refractivity contribution in [2.24, 2.45) is 0 Å². The Balaban J connectivity index is 1.97. The molecule has 1 aliphatic carbocycles. The Morgan fingerprint density at radius 2 is 2.29 bits per heavy atom. The smallest absolute Gasteiger partial charge is 0.347 e. The standard InChI is InChI=1S/C14H11N3O2S2/c1-7-11(13(18)19)20-14(16-7)21-12-9(6-15)5-8-3-2-4-10(8)17-12/h5H,2-4H2,1H3,(H,18,19). The fourth-order valence-corrected chi connectivity index (χ4v) is 4.32. The van der Waals surface area contributed by atoms with Gasteiger partial charge >= 0.3 is 5.97 Å². The van der Waals surface area contributed by atoms with E-state index < -0.39 is 5.97 Å². The maximum Gasteiger partial charge on any atom is 0.347 e. The van der Waals surface area contributed by atoms with Gasteiger partial charge in [-0.3, -0.25) is 0 Å². The number of nitriles is 1. The zero-order chi connectivity index (χ0) is 15.0. The lowest BCUT2D eigenvalue weighted by molar-refractivity contribution is 0.0701. The Labute approximate surface area is 129 Å². The van der Waals surface area contributed by atoms with Gasteiger partial charge in [0.05, 0.1) is 11.3 Å². The number of pyridine rings is 1. The molecule has 1 aliphatic rings. The van der Waals surface area contributed by atoms with Gasteiger partial charge in [-0.15, -0.1) is 0 Å². The number of aromatic carboxylic acids is 1. The summed E-state index contributed by atoms with van der Waals surface area (Å²) in [5.74, 6) is -0.973. The molecular weight excluding hydrogens is 306 g/mol. The van der Waals surface area contributed by atoms with Crippen molar-refractivity contribution in [3.63, 3.8) is 0 Å². The van der Waals surface area contributed by atoms with Gasteiger partial charge in [0.2, 0.25) is 0 Å². The number of fused-ring (bicyclic) bond motifs is 1. The third-order valence-corrected chi connectivity index (χ3v) is 5.50. The van der Waals surface area contributed by atoms with Gasteiger partial charge in [-0.1, -0.05) is 11.3 Å². The number of hydrogen-bond acceptors (Lipinski definition) is 6. The molecule has 7 heteroatoms. The Bertz CT molecular complexity index is 777. The number of aromatic nitrogens is 2. The molecule has 0 fully saturated rings. The Kier molecular flexibility index (Phi) is 3.66. The van der Waals surface area contributed by atoms with Gasteiger partial charge in [-0.25, -0.2) is 14.8 Å². The second-order valence-corrected chi connectivity index (χ2v) is 6.95. The number of carboxylic acids is 1. The third-order valence-electron chi connectivity index (χ3n) is 3.29. The molecule has 0 unspecified atom stereocenters. The van der Waals surface area contributed by atoms with Crippen LogP contribution in [0.1, 0.15) is 38.6 Å². The molecule has 106 valence electrons. The van der Waals surface area contributed by atoms with Crippen molar-refractivity contribution in [2.75, 3.05) is 0 Å². The predicted molar refractivity (Wildman–Crippen MR) is 78.9 cm³/mol. The fourth-order valence-electron chi connectivity index (χ4n) is 2.31. The molecule has 2 aromatic heterocycles. The fraction of sp³-hybridized carbons (Fsp3) is 0.286. The van der Waals surface area contributed by atoms with Crippen molar-refractivity contribution >= 4 is 29.1 Å². The summed E-state index contributed by atoms with van der Waals surface area (Å²) in [6, 6.07) is 4.07. The number of thiazole rings is 1. The Morgan fingerprint density at radius 3 is 2.95 bits per heavy atom. The summed E-state index contributed by atoms with van der Waals surface area (Å²) in [7, 11) is 0. The lowest BCUT2D eigenvalue weighted by atomic mass is 10.2.